The number of fused-ring (bicyclic) bond motifs is 5. The van der Waals surface area contributed by atoms with Crippen LogP contribution >= 0.6 is 0 Å². The Morgan fingerprint density at radius 2 is 0.950 bits per heavy atom. The van der Waals surface area contributed by atoms with E-state index in [1.165, 1.54) is 25.1 Å². The molecule has 0 spiro atoms. The van der Waals surface area contributed by atoms with Crippen LogP contribution in [0.3, 0.4) is 0 Å². The van der Waals surface area contributed by atoms with Crippen molar-refractivity contribution in [2.75, 3.05) is 34.5 Å². The monoisotopic (exact) mass is 838 g/mol. The maximum atomic E-state index is 15.1. The predicted octanol–water partition coefficient (Wildman–Crippen LogP) is 11.6. The lowest BCUT2D eigenvalue weighted by atomic mass is 9.81. The number of hydrogen-bond donors (Lipinski definition) is 2. The van der Waals surface area contributed by atoms with Crippen molar-refractivity contribution in [3.63, 3.8) is 0 Å². The van der Waals surface area contributed by atoms with Gasteiger partial charge in [-0.1, -0.05) is 18.2 Å². The smallest absolute Gasteiger partial charge is 0.338 e. The predicted molar refractivity (Wildman–Crippen MR) is 193 cm³/mol. The third-order valence-corrected chi connectivity index (χ3v) is 10.0. The number of alkyl halides is 12. The topological polar surface area (TPSA) is 126 Å². The number of nitrogens with one attached hydrogen (secondary N) is 2. The molecular formula is C40H18F12N8. The third-order valence-electron chi connectivity index (χ3n) is 10.0. The van der Waals surface area contributed by atoms with Gasteiger partial charge in [0.05, 0.1) is 45.0 Å². The van der Waals surface area contributed by atoms with E-state index in [1.807, 2.05) is 0 Å². The van der Waals surface area contributed by atoms with Crippen LogP contribution in [-0.2, 0) is 24.7 Å². The summed E-state index contributed by atoms with van der Waals surface area (Å²) in [5.74, 6) is -0.411. The summed E-state index contributed by atoms with van der Waals surface area (Å²) >= 11 is 0. The molecule has 20 heteroatoms. The minimum atomic E-state index is -5.52. The van der Waals surface area contributed by atoms with Crippen molar-refractivity contribution < 1.29 is 52.7 Å². The molecule has 60 heavy (non-hydrogen) atoms. The number of rotatable bonds is 2. The quantitative estimate of drug-likeness (QED) is 0.102. The summed E-state index contributed by atoms with van der Waals surface area (Å²) in [6, 6.07) is 12.8. The maximum Gasteiger partial charge on any atom is 0.417 e. The van der Waals surface area contributed by atoms with Gasteiger partial charge in [0.25, 0.3) is 0 Å². The lowest BCUT2D eigenvalue weighted by Gasteiger charge is -2.26. The van der Waals surface area contributed by atoms with Gasteiger partial charge in [-0.05, 0) is 75.3 Å². The number of anilines is 4. The van der Waals surface area contributed by atoms with E-state index in [-0.39, 0.29) is 68.1 Å². The van der Waals surface area contributed by atoms with E-state index in [4.69, 9.17) is 0 Å². The van der Waals surface area contributed by atoms with Crippen molar-refractivity contribution in [3.05, 3.63) is 106 Å². The summed E-state index contributed by atoms with van der Waals surface area (Å²) in [6.45, 7) is 0. The Balaban J connectivity index is 1.80. The first-order chi connectivity index (χ1) is 28.0. The van der Waals surface area contributed by atoms with Crippen LogP contribution in [0.2, 0.25) is 0 Å². The van der Waals surface area contributed by atoms with Gasteiger partial charge < -0.3 is 20.4 Å². The normalized spacial score (nSPS) is 13.9. The number of halogens is 12. The number of allylic oxidation sites excluding steroid dienone is 2. The van der Waals surface area contributed by atoms with E-state index in [0.29, 0.717) is 24.3 Å². The number of benzene rings is 5. The zero-order valence-corrected chi connectivity index (χ0v) is 30.0. The standard InChI is InChI=1S/C40H18F12N8/c1-59-30-12-25-24(11-29(30)58-35(59)17(13-53)14-54)31(21-5-3-19(37(41,42)43)9-26(21)39(47,48)49)23-7-8-28-34(60(2)36(57-28)18(15-55)16-56)33(23)32(25)22-6-4-20(38(44,45)46)10-27(22)40(50,51)52/h3-12,57-58H,1-2H3. The van der Waals surface area contributed by atoms with Crippen LogP contribution in [0, 0.1) is 45.3 Å². The molecule has 0 saturated carbocycles. The zero-order valence-electron chi connectivity index (χ0n) is 30.0. The Morgan fingerprint density at radius 3 is 1.42 bits per heavy atom. The summed E-state index contributed by atoms with van der Waals surface area (Å²) in [5, 5.41) is 42.8. The van der Waals surface area contributed by atoms with Crippen molar-refractivity contribution >= 4 is 44.3 Å². The molecule has 0 aromatic heterocycles. The Labute approximate surface area is 329 Å². The second kappa shape index (κ2) is 13.5. The van der Waals surface area contributed by atoms with Gasteiger partial charge in [-0.15, -0.1) is 0 Å². The Kier molecular flexibility index (Phi) is 9.13. The summed E-state index contributed by atoms with van der Waals surface area (Å²) in [4.78, 5) is 2.35. The van der Waals surface area contributed by atoms with Crippen LogP contribution in [0.4, 0.5) is 75.4 Å². The van der Waals surface area contributed by atoms with E-state index in [0.717, 1.165) is 23.1 Å². The van der Waals surface area contributed by atoms with E-state index >= 15 is 13.2 Å². The SMILES string of the molecule is CN1C(=C(C#N)C#N)Nc2cc3c(-c4ccc(C(F)(F)F)cc4C(F)(F)F)c4ccc5c(c4c(-c4ccc(C(F)(F)F)cc4C(F)(F)F)c3cc21)N(C)C(=C(C#N)C#N)N5. The lowest BCUT2D eigenvalue weighted by Crippen LogP contribution is -2.17. The molecule has 7 rings (SSSR count). The van der Waals surface area contributed by atoms with Gasteiger partial charge in [-0.25, -0.2) is 0 Å². The van der Waals surface area contributed by atoms with Crippen molar-refractivity contribution in [2.45, 2.75) is 24.7 Å². The van der Waals surface area contributed by atoms with Crippen molar-refractivity contribution in [1.82, 2.24) is 0 Å². The molecule has 2 N–H and O–H groups in total. The average molecular weight is 839 g/mol. The molecule has 0 atom stereocenters. The van der Waals surface area contributed by atoms with Gasteiger partial charge in [0.15, 0.2) is 11.1 Å². The minimum Gasteiger partial charge on any atom is -0.338 e. The fourth-order valence-corrected chi connectivity index (χ4v) is 7.45. The molecule has 0 aliphatic carbocycles. The van der Waals surface area contributed by atoms with E-state index in [2.05, 4.69) is 10.6 Å². The van der Waals surface area contributed by atoms with Gasteiger partial charge in [-0.3, -0.25) is 0 Å². The second-order valence-electron chi connectivity index (χ2n) is 13.3. The Bertz CT molecular complexity index is 2930. The second-order valence-corrected chi connectivity index (χ2v) is 13.3. The molecule has 2 aliphatic heterocycles. The van der Waals surface area contributed by atoms with Crippen molar-refractivity contribution in [1.29, 1.82) is 21.0 Å². The first-order valence-corrected chi connectivity index (χ1v) is 16.7. The molecule has 0 bridgehead atoms. The van der Waals surface area contributed by atoms with E-state index < -0.39 is 80.4 Å². The van der Waals surface area contributed by atoms with Gasteiger partial charge in [-0.2, -0.15) is 73.7 Å². The molecule has 2 aliphatic rings. The highest BCUT2D eigenvalue weighted by atomic mass is 19.4. The highest BCUT2D eigenvalue weighted by Crippen LogP contribution is 2.57. The summed E-state index contributed by atoms with van der Waals surface area (Å²) in [6.07, 6.45) is -21.6. The lowest BCUT2D eigenvalue weighted by molar-refractivity contribution is -0.144. The largest absolute Gasteiger partial charge is 0.417 e. The van der Waals surface area contributed by atoms with E-state index in [1.54, 1.807) is 24.3 Å². The van der Waals surface area contributed by atoms with Gasteiger partial charge in [0.1, 0.15) is 35.9 Å². The first-order valence-electron chi connectivity index (χ1n) is 16.7. The van der Waals surface area contributed by atoms with Crippen molar-refractivity contribution in [3.8, 4) is 46.5 Å². The molecular weight excluding hydrogens is 820 g/mol. The van der Waals surface area contributed by atoms with Crippen LogP contribution in [0.25, 0.3) is 43.8 Å². The maximum absolute atomic E-state index is 15.1. The van der Waals surface area contributed by atoms with Crippen LogP contribution in [0.15, 0.2) is 83.5 Å². The highest BCUT2D eigenvalue weighted by Gasteiger charge is 2.42. The molecule has 5 aromatic carbocycles. The fourth-order valence-electron chi connectivity index (χ4n) is 7.45. The van der Waals surface area contributed by atoms with Crippen LogP contribution in [-0.4, -0.2) is 14.1 Å². The van der Waals surface area contributed by atoms with Gasteiger partial charge in [0, 0.05) is 25.0 Å². The molecule has 0 unspecified atom stereocenters. The van der Waals surface area contributed by atoms with Gasteiger partial charge in [0.2, 0.25) is 0 Å². The summed E-state index contributed by atoms with van der Waals surface area (Å²) in [5.41, 5.74) is -11.2. The van der Waals surface area contributed by atoms with Crippen LogP contribution < -0.4 is 20.4 Å². The van der Waals surface area contributed by atoms with Crippen LogP contribution in [0.1, 0.15) is 22.3 Å². The summed E-state index contributed by atoms with van der Waals surface area (Å²) in [7, 11) is 2.57. The number of hydrogen-bond acceptors (Lipinski definition) is 8. The van der Waals surface area contributed by atoms with E-state index in [9.17, 15) is 60.6 Å². The summed E-state index contributed by atoms with van der Waals surface area (Å²) < 4.78 is 174. The Hall–Kier alpha value is -7.58. The van der Waals surface area contributed by atoms with Crippen LogP contribution in [0.5, 0.6) is 0 Å². The van der Waals surface area contributed by atoms with Crippen molar-refractivity contribution in [2.24, 2.45) is 0 Å². The zero-order chi connectivity index (χ0) is 44.0. The molecule has 8 nitrogen and oxygen atoms in total. The molecule has 302 valence electrons. The highest BCUT2D eigenvalue weighted by molar-refractivity contribution is 6.28. The molecule has 0 radical (unpaired) electrons. The first kappa shape index (κ1) is 40.6. The third kappa shape index (κ3) is 6.34. The molecule has 0 amide bonds. The fraction of sp³-hybridized carbons (Fsp3) is 0.150. The molecule has 0 fully saturated rings. The molecule has 5 aromatic rings. The van der Waals surface area contributed by atoms with Gasteiger partial charge >= 0.3 is 24.7 Å². The molecule has 0 saturated heterocycles. The Morgan fingerprint density at radius 1 is 0.500 bits per heavy atom. The number of nitriles is 4. The molecule has 2 heterocycles. The minimum absolute atomic E-state index is 0.00636. The number of nitrogens with zero attached hydrogens (tertiary/aromatic N) is 6. The average Bonchev–Trinajstić information content (AvgIpc) is 3.67.